The molecular weight excluding hydrogens is 470 g/mol. The van der Waals surface area contributed by atoms with Gasteiger partial charge in [-0.2, -0.15) is 0 Å². The Hall–Kier alpha value is -4.13. The molecule has 3 aromatic carbocycles. The number of nitrogens with zero attached hydrogens (tertiary/aromatic N) is 1. The molecule has 0 spiro atoms. The summed E-state index contributed by atoms with van der Waals surface area (Å²) in [6.45, 7) is 3.17. The molecule has 0 radical (unpaired) electrons. The van der Waals surface area contributed by atoms with Crippen molar-refractivity contribution in [2.24, 2.45) is 0 Å². The standard InChI is InChI=1S/C30H31NO6/c1-3-36-29(34)27(18-17-21-11-5-4-6-12-21)31(20(2)28(32)33)30(35)37-19-26-24-15-9-7-13-22(24)23-14-8-10-16-25(23)26/h4-16,20,26-27H,3,17-19H2,1-2H3,(H,32,33)/t20-,27-/m0/s1. The number of hydrogen-bond donors (Lipinski definition) is 1. The van der Waals surface area contributed by atoms with Gasteiger partial charge in [-0.05, 0) is 54.5 Å². The van der Waals surface area contributed by atoms with E-state index in [1.165, 1.54) is 6.92 Å². The second-order valence-corrected chi connectivity index (χ2v) is 9.02. The molecule has 0 fully saturated rings. The normalized spacial score (nSPS) is 13.7. The predicted octanol–water partition coefficient (Wildman–Crippen LogP) is 5.28. The van der Waals surface area contributed by atoms with Crippen LogP contribution in [0.25, 0.3) is 11.1 Å². The van der Waals surface area contributed by atoms with Crippen molar-refractivity contribution < 1.29 is 29.0 Å². The van der Waals surface area contributed by atoms with Gasteiger partial charge in [0.2, 0.25) is 0 Å². The largest absolute Gasteiger partial charge is 0.480 e. The van der Waals surface area contributed by atoms with Crippen molar-refractivity contribution in [3.63, 3.8) is 0 Å². The average Bonchev–Trinajstić information content (AvgIpc) is 3.23. The number of fused-ring (bicyclic) bond motifs is 3. The molecule has 1 amide bonds. The van der Waals surface area contributed by atoms with Gasteiger partial charge in [-0.15, -0.1) is 0 Å². The second kappa shape index (κ2) is 11.7. The molecular formula is C30H31NO6. The van der Waals surface area contributed by atoms with Gasteiger partial charge in [0.25, 0.3) is 0 Å². The van der Waals surface area contributed by atoms with E-state index in [0.717, 1.165) is 32.7 Å². The van der Waals surface area contributed by atoms with Crippen LogP contribution in [-0.4, -0.2) is 53.3 Å². The Morgan fingerprint density at radius 1 is 0.865 bits per heavy atom. The fourth-order valence-electron chi connectivity index (χ4n) is 4.90. The quantitative estimate of drug-likeness (QED) is 0.380. The van der Waals surface area contributed by atoms with Gasteiger partial charge >= 0.3 is 18.0 Å². The molecule has 1 aliphatic carbocycles. The maximum absolute atomic E-state index is 13.5. The van der Waals surface area contributed by atoms with E-state index in [2.05, 4.69) is 0 Å². The molecule has 3 aromatic rings. The third-order valence-electron chi connectivity index (χ3n) is 6.77. The van der Waals surface area contributed by atoms with Crippen molar-refractivity contribution >= 4 is 18.0 Å². The Morgan fingerprint density at radius 3 is 2.00 bits per heavy atom. The number of benzene rings is 3. The van der Waals surface area contributed by atoms with Crippen molar-refractivity contribution in [2.75, 3.05) is 13.2 Å². The van der Waals surface area contributed by atoms with Crippen LogP contribution in [0.15, 0.2) is 78.9 Å². The fraction of sp³-hybridized carbons (Fsp3) is 0.300. The van der Waals surface area contributed by atoms with Crippen LogP contribution in [0.1, 0.15) is 42.9 Å². The lowest BCUT2D eigenvalue weighted by Crippen LogP contribution is -2.53. The monoisotopic (exact) mass is 501 g/mol. The van der Waals surface area contributed by atoms with Crippen LogP contribution in [0.2, 0.25) is 0 Å². The molecule has 7 nitrogen and oxygen atoms in total. The highest BCUT2D eigenvalue weighted by Crippen LogP contribution is 2.44. The van der Waals surface area contributed by atoms with E-state index in [1.54, 1.807) is 6.92 Å². The second-order valence-electron chi connectivity index (χ2n) is 9.02. The summed E-state index contributed by atoms with van der Waals surface area (Å²) in [6.07, 6.45) is -0.197. The topological polar surface area (TPSA) is 93.1 Å². The summed E-state index contributed by atoms with van der Waals surface area (Å²) in [7, 11) is 0. The summed E-state index contributed by atoms with van der Waals surface area (Å²) in [6, 6.07) is 23.0. The van der Waals surface area contributed by atoms with Crippen LogP contribution in [-0.2, 0) is 25.5 Å². The zero-order valence-corrected chi connectivity index (χ0v) is 21.0. The number of aryl methyl sites for hydroxylation is 1. The molecule has 0 aromatic heterocycles. The molecule has 4 rings (SSSR count). The highest BCUT2D eigenvalue weighted by atomic mass is 16.6. The SMILES string of the molecule is CCOC(=O)[C@H](CCc1ccccc1)N(C(=O)OCC1c2ccccc2-c2ccccc21)[C@@H](C)C(=O)O. The van der Waals surface area contributed by atoms with Crippen molar-refractivity contribution in [1.29, 1.82) is 0 Å². The van der Waals surface area contributed by atoms with E-state index in [9.17, 15) is 19.5 Å². The molecule has 0 bridgehead atoms. The lowest BCUT2D eigenvalue weighted by molar-refractivity contribution is -0.153. The number of hydrogen-bond acceptors (Lipinski definition) is 5. The first-order chi connectivity index (χ1) is 17.9. The molecule has 37 heavy (non-hydrogen) atoms. The summed E-state index contributed by atoms with van der Waals surface area (Å²) in [5.41, 5.74) is 5.22. The highest BCUT2D eigenvalue weighted by molar-refractivity contribution is 5.86. The molecule has 1 aliphatic rings. The lowest BCUT2D eigenvalue weighted by Gasteiger charge is -2.32. The molecule has 2 atom stereocenters. The van der Waals surface area contributed by atoms with Crippen molar-refractivity contribution in [3.05, 3.63) is 95.6 Å². The summed E-state index contributed by atoms with van der Waals surface area (Å²) >= 11 is 0. The highest BCUT2D eigenvalue weighted by Gasteiger charge is 2.39. The van der Waals surface area contributed by atoms with Crippen LogP contribution in [0.4, 0.5) is 4.79 Å². The molecule has 0 unspecified atom stereocenters. The Bertz CT molecular complexity index is 1210. The lowest BCUT2D eigenvalue weighted by atomic mass is 9.98. The Labute approximate surface area is 216 Å². The third kappa shape index (κ3) is 5.66. The number of aliphatic carboxylic acids is 1. The zero-order valence-electron chi connectivity index (χ0n) is 21.0. The fourth-order valence-corrected chi connectivity index (χ4v) is 4.90. The smallest absolute Gasteiger partial charge is 0.411 e. The number of carboxylic acid groups (broad SMARTS) is 1. The van der Waals surface area contributed by atoms with Crippen LogP contribution in [0.5, 0.6) is 0 Å². The number of carbonyl (C=O) groups excluding carboxylic acids is 2. The van der Waals surface area contributed by atoms with Gasteiger partial charge in [0.15, 0.2) is 0 Å². The van der Waals surface area contributed by atoms with Crippen molar-refractivity contribution in [1.82, 2.24) is 4.90 Å². The van der Waals surface area contributed by atoms with Gasteiger partial charge in [-0.3, -0.25) is 4.90 Å². The Kier molecular flexibility index (Phi) is 8.23. The van der Waals surface area contributed by atoms with Gasteiger partial charge in [0.1, 0.15) is 18.7 Å². The Balaban J connectivity index is 1.58. The van der Waals surface area contributed by atoms with E-state index in [-0.39, 0.29) is 25.6 Å². The van der Waals surface area contributed by atoms with E-state index in [0.29, 0.717) is 6.42 Å². The maximum atomic E-state index is 13.5. The number of amides is 1. The van der Waals surface area contributed by atoms with E-state index >= 15 is 0 Å². The van der Waals surface area contributed by atoms with Gasteiger partial charge in [0.05, 0.1) is 6.61 Å². The predicted molar refractivity (Wildman–Crippen MR) is 139 cm³/mol. The summed E-state index contributed by atoms with van der Waals surface area (Å²) in [5, 5.41) is 9.79. The maximum Gasteiger partial charge on any atom is 0.411 e. The van der Waals surface area contributed by atoms with Crippen LogP contribution in [0.3, 0.4) is 0 Å². The first-order valence-electron chi connectivity index (χ1n) is 12.5. The molecule has 192 valence electrons. The molecule has 0 saturated heterocycles. The zero-order chi connectivity index (χ0) is 26.4. The minimum Gasteiger partial charge on any atom is -0.480 e. The van der Waals surface area contributed by atoms with Gasteiger partial charge in [-0.25, -0.2) is 14.4 Å². The molecule has 1 N–H and O–H groups in total. The van der Waals surface area contributed by atoms with Gasteiger partial charge in [-0.1, -0.05) is 78.9 Å². The van der Waals surface area contributed by atoms with Crippen LogP contribution >= 0.6 is 0 Å². The van der Waals surface area contributed by atoms with Crippen molar-refractivity contribution in [3.8, 4) is 11.1 Å². The molecule has 0 aliphatic heterocycles. The van der Waals surface area contributed by atoms with Crippen LogP contribution in [0, 0.1) is 0 Å². The number of esters is 1. The van der Waals surface area contributed by atoms with Crippen LogP contribution < -0.4 is 0 Å². The number of rotatable bonds is 10. The van der Waals surface area contributed by atoms with E-state index < -0.39 is 30.1 Å². The number of carboxylic acids is 1. The first kappa shape index (κ1) is 25.9. The van der Waals surface area contributed by atoms with Gasteiger partial charge in [0, 0.05) is 5.92 Å². The minimum atomic E-state index is -1.29. The third-order valence-corrected chi connectivity index (χ3v) is 6.77. The van der Waals surface area contributed by atoms with E-state index in [1.807, 2.05) is 78.9 Å². The summed E-state index contributed by atoms with van der Waals surface area (Å²) in [4.78, 5) is 39.4. The average molecular weight is 502 g/mol. The molecule has 0 saturated carbocycles. The minimum absolute atomic E-state index is 0.0178. The summed E-state index contributed by atoms with van der Waals surface area (Å²) in [5.74, 6) is -2.08. The number of carbonyl (C=O) groups is 3. The first-order valence-corrected chi connectivity index (χ1v) is 12.5. The number of ether oxygens (including phenoxy) is 2. The molecule has 7 heteroatoms. The summed E-state index contributed by atoms with van der Waals surface area (Å²) < 4.78 is 11.0. The van der Waals surface area contributed by atoms with Gasteiger partial charge < -0.3 is 14.6 Å². The Morgan fingerprint density at radius 2 is 1.43 bits per heavy atom. The van der Waals surface area contributed by atoms with Crippen molar-refractivity contribution in [2.45, 2.75) is 44.7 Å². The molecule has 0 heterocycles. The van der Waals surface area contributed by atoms with E-state index in [4.69, 9.17) is 9.47 Å².